The largest absolute Gasteiger partial charge is 0.353 e. The zero-order chi connectivity index (χ0) is 10.4. The molecule has 0 unspecified atom stereocenters. The van der Waals surface area contributed by atoms with Gasteiger partial charge < -0.3 is 10.6 Å². The number of aliphatic imine (C=N–C) groups is 1. The van der Waals surface area contributed by atoms with Crippen LogP contribution in [0.4, 0.5) is 8.78 Å². The highest BCUT2D eigenvalue weighted by Gasteiger charge is 2.12. The maximum atomic E-state index is 11.9. The fourth-order valence-electron chi connectivity index (χ4n) is 1.30. The molecular formula is C9H15F2N3. The number of nitrogens with one attached hydrogen (secondary N) is 2. The first-order valence-corrected chi connectivity index (χ1v) is 4.62. The second-order valence-electron chi connectivity index (χ2n) is 3.13. The van der Waals surface area contributed by atoms with Gasteiger partial charge in [-0.2, -0.15) is 0 Å². The van der Waals surface area contributed by atoms with Crippen LogP contribution in [0.5, 0.6) is 0 Å². The van der Waals surface area contributed by atoms with Crippen LogP contribution in [-0.2, 0) is 0 Å². The van der Waals surface area contributed by atoms with Crippen molar-refractivity contribution in [1.29, 1.82) is 0 Å². The molecular weight excluding hydrogens is 188 g/mol. The van der Waals surface area contributed by atoms with Crippen molar-refractivity contribution in [3.8, 4) is 0 Å². The van der Waals surface area contributed by atoms with Gasteiger partial charge in [0.15, 0.2) is 5.96 Å². The summed E-state index contributed by atoms with van der Waals surface area (Å²) in [6.45, 7) is -0.361. The molecule has 0 heterocycles. The molecule has 2 N–H and O–H groups in total. The summed E-state index contributed by atoms with van der Waals surface area (Å²) in [5.41, 5.74) is 0. The van der Waals surface area contributed by atoms with E-state index in [-0.39, 0.29) is 6.54 Å². The number of halogens is 2. The lowest BCUT2D eigenvalue weighted by atomic mass is 10.2. The van der Waals surface area contributed by atoms with Gasteiger partial charge in [-0.25, -0.2) is 8.78 Å². The van der Waals surface area contributed by atoms with Crippen molar-refractivity contribution in [1.82, 2.24) is 10.6 Å². The molecule has 0 amide bonds. The van der Waals surface area contributed by atoms with Gasteiger partial charge in [0.1, 0.15) is 0 Å². The third-order valence-corrected chi connectivity index (χ3v) is 2.00. The molecule has 0 aromatic rings. The van der Waals surface area contributed by atoms with Crippen LogP contribution in [0, 0.1) is 0 Å². The molecule has 0 spiro atoms. The molecule has 0 aromatic heterocycles. The molecule has 0 saturated carbocycles. The molecule has 5 heteroatoms. The van der Waals surface area contributed by atoms with Crippen molar-refractivity contribution >= 4 is 5.96 Å². The predicted molar refractivity (Wildman–Crippen MR) is 52.7 cm³/mol. The molecule has 0 fully saturated rings. The highest BCUT2D eigenvalue weighted by atomic mass is 19.3. The molecule has 1 rings (SSSR count). The molecule has 1 aliphatic carbocycles. The summed E-state index contributed by atoms with van der Waals surface area (Å²) in [4.78, 5) is 3.86. The van der Waals surface area contributed by atoms with E-state index in [0.717, 1.165) is 12.8 Å². The van der Waals surface area contributed by atoms with Crippen LogP contribution in [0.15, 0.2) is 17.1 Å². The Morgan fingerprint density at radius 1 is 1.50 bits per heavy atom. The van der Waals surface area contributed by atoms with Gasteiger partial charge in [-0.05, 0) is 12.8 Å². The van der Waals surface area contributed by atoms with Gasteiger partial charge in [-0.1, -0.05) is 12.2 Å². The van der Waals surface area contributed by atoms with Crippen LogP contribution in [0.2, 0.25) is 0 Å². The average molecular weight is 203 g/mol. The van der Waals surface area contributed by atoms with E-state index >= 15 is 0 Å². The molecule has 0 bridgehead atoms. The summed E-state index contributed by atoms with van der Waals surface area (Å²) in [5.74, 6) is 0.444. The molecule has 0 radical (unpaired) electrons. The summed E-state index contributed by atoms with van der Waals surface area (Å²) < 4.78 is 23.8. The Kier molecular flexibility index (Phi) is 4.35. The normalized spacial score (nSPS) is 17.9. The maximum Gasteiger partial charge on any atom is 0.255 e. The fourth-order valence-corrected chi connectivity index (χ4v) is 1.30. The summed E-state index contributed by atoms with van der Waals surface area (Å²) >= 11 is 0. The van der Waals surface area contributed by atoms with Crippen molar-refractivity contribution in [2.24, 2.45) is 4.99 Å². The third kappa shape index (κ3) is 3.72. The van der Waals surface area contributed by atoms with E-state index in [1.54, 1.807) is 7.05 Å². The number of hydrogen-bond donors (Lipinski definition) is 2. The van der Waals surface area contributed by atoms with Gasteiger partial charge in [0.05, 0.1) is 6.54 Å². The van der Waals surface area contributed by atoms with Crippen LogP contribution in [0.3, 0.4) is 0 Å². The van der Waals surface area contributed by atoms with E-state index in [9.17, 15) is 8.78 Å². The van der Waals surface area contributed by atoms with Gasteiger partial charge in [0, 0.05) is 13.1 Å². The lowest BCUT2D eigenvalue weighted by Gasteiger charge is -2.16. The van der Waals surface area contributed by atoms with Gasteiger partial charge in [-0.3, -0.25) is 4.99 Å². The lowest BCUT2D eigenvalue weighted by Crippen LogP contribution is -2.44. The Morgan fingerprint density at radius 3 is 2.64 bits per heavy atom. The Bertz CT molecular complexity index is 218. The molecule has 80 valence electrons. The quantitative estimate of drug-likeness (QED) is 0.410. The van der Waals surface area contributed by atoms with Crippen LogP contribution in [0.25, 0.3) is 0 Å². The van der Waals surface area contributed by atoms with Gasteiger partial charge in [0.2, 0.25) is 0 Å². The van der Waals surface area contributed by atoms with E-state index in [2.05, 4.69) is 27.8 Å². The van der Waals surface area contributed by atoms with Crippen molar-refractivity contribution in [2.75, 3.05) is 13.6 Å². The molecule has 0 atom stereocenters. The first-order chi connectivity index (χ1) is 6.72. The van der Waals surface area contributed by atoms with E-state index in [1.165, 1.54) is 0 Å². The number of hydrogen-bond acceptors (Lipinski definition) is 1. The van der Waals surface area contributed by atoms with Crippen LogP contribution in [-0.4, -0.2) is 32.0 Å². The summed E-state index contributed by atoms with van der Waals surface area (Å²) in [5, 5.41) is 5.62. The Hall–Kier alpha value is -1.13. The Balaban J connectivity index is 2.25. The van der Waals surface area contributed by atoms with Crippen LogP contribution in [0.1, 0.15) is 12.8 Å². The van der Waals surface area contributed by atoms with Gasteiger partial charge >= 0.3 is 0 Å². The minimum absolute atomic E-state index is 0.291. The van der Waals surface area contributed by atoms with Crippen molar-refractivity contribution < 1.29 is 8.78 Å². The summed E-state index contributed by atoms with van der Waals surface area (Å²) in [6, 6.07) is 0.291. The number of nitrogens with zero attached hydrogens (tertiary/aromatic N) is 1. The molecule has 0 saturated heterocycles. The zero-order valence-electron chi connectivity index (χ0n) is 8.13. The fraction of sp³-hybridized carbons (Fsp3) is 0.667. The molecule has 0 aromatic carbocycles. The molecule has 1 aliphatic rings. The lowest BCUT2D eigenvalue weighted by molar-refractivity contribution is 0.152. The van der Waals surface area contributed by atoms with E-state index in [1.807, 2.05) is 0 Å². The summed E-state index contributed by atoms with van der Waals surface area (Å²) in [6.07, 6.45) is 3.64. The smallest absolute Gasteiger partial charge is 0.255 e. The minimum Gasteiger partial charge on any atom is -0.353 e. The first-order valence-electron chi connectivity index (χ1n) is 4.62. The predicted octanol–water partition coefficient (Wildman–Crippen LogP) is 1.14. The van der Waals surface area contributed by atoms with Crippen molar-refractivity contribution in [3.05, 3.63) is 12.2 Å². The standard InChI is InChI=1S/C9H15F2N3/c1-12-9(13-6-8(10)11)14-7-4-2-3-5-7/h2-3,7-8H,4-6H2,1H3,(H2,12,13,14). The number of alkyl halides is 2. The van der Waals surface area contributed by atoms with E-state index in [4.69, 9.17) is 0 Å². The summed E-state index contributed by atoms with van der Waals surface area (Å²) in [7, 11) is 1.57. The molecule has 0 aliphatic heterocycles. The maximum absolute atomic E-state index is 11.9. The second-order valence-corrected chi connectivity index (χ2v) is 3.13. The zero-order valence-corrected chi connectivity index (χ0v) is 8.13. The van der Waals surface area contributed by atoms with Crippen LogP contribution < -0.4 is 10.6 Å². The second kappa shape index (κ2) is 5.57. The minimum atomic E-state index is -2.35. The first kappa shape index (κ1) is 10.9. The Morgan fingerprint density at radius 2 is 2.14 bits per heavy atom. The highest BCUT2D eigenvalue weighted by Crippen LogP contribution is 2.08. The van der Waals surface area contributed by atoms with Crippen molar-refractivity contribution in [3.63, 3.8) is 0 Å². The monoisotopic (exact) mass is 203 g/mol. The highest BCUT2D eigenvalue weighted by molar-refractivity contribution is 5.80. The molecule has 14 heavy (non-hydrogen) atoms. The number of guanidine groups is 1. The Labute approximate surface area is 82.3 Å². The third-order valence-electron chi connectivity index (χ3n) is 2.00. The van der Waals surface area contributed by atoms with E-state index in [0.29, 0.717) is 12.0 Å². The van der Waals surface area contributed by atoms with Gasteiger partial charge in [0.25, 0.3) is 6.43 Å². The van der Waals surface area contributed by atoms with Gasteiger partial charge in [-0.15, -0.1) is 0 Å². The van der Waals surface area contributed by atoms with E-state index < -0.39 is 6.43 Å². The van der Waals surface area contributed by atoms with Crippen LogP contribution >= 0.6 is 0 Å². The van der Waals surface area contributed by atoms with Crippen molar-refractivity contribution in [2.45, 2.75) is 25.3 Å². The topological polar surface area (TPSA) is 36.4 Å². The SMILES string of the molecule is CN=C(NCC(F)F)NC1CC=CC1. The molecule has 3 nitrogen and oxygen atoms in total. The number of rotatable bonds is 3. The average Bonchev–Trinajstić information content (AvgIpc) is 2.64.